The van der Waals surface area contributed by atoms with E-state index in [1.54, 1.807) is 18.3 Å². The molecule has 1 heterocycles. The SMILES string of the molecule is O=C(NCc1ccc(F)cc1)N[C@@H](Cc1c[nH]c2ccccc12)C(=O)O. The number of hydrogen-bond donors (Lipinski definition) is 4. The molecule has 0 aliphatic carbocycles. The van der Waals surface area contributed by atoms with Gasteiger partial charge < -0.3 is 20.7 Å². The van der Waals surface area contributed by atoms with Crippen LogP contribution in [0.5, 0.6) is 0 Å². The van der Waals surface area contributed by atoms with Crippen LogP contribution >= 0.6 is 0 Å². The minimum Gasteiger partial charge on any atom is -0.480 e. The number of H-pyrrole nitrogens is 1. The molecule has 3 rings (SSSR count). The fourth-order valence-electron chi connectivity index (χ4n) is 2.71. The molecule has 6 nitrogen and oxygen atoms in total. The Hall–Kier alpha value is -3.35. The van der Waals surface area contributed by atoms with E-state index < -0.39 is 18.0 Å². The first-order chi connectivity index (χ1) is 12.5. The first-order valence-corrected chi connectivity index (χ1v) is 8.09. The van der Waals surface area contributed by atoms with Crippen molar-refractivity contribution in [3.63, 3.8) is 0 Å². The predicted molar refractivity (Wildman–Crippen MR) is 95.2 cm³/mol. The zero-order valence-corrected chi connectivity index (χ0v) is 13.8. The molecule has 0 radical (unpaired) electrons. The van der Waals surface area contributed by atoms with Crippen molar-refractivity contribution in [3.05, 3.63) is 71.7 Å². The van der Waals surface area contributed by atoms with Crippen molar-refractivity contribution >= 4 is 22.9 Å². The third kappa shape index (κ3) is 4.18. The van der Waals surface area contributed by atoms with Crippen molar-refractivity contribution in [1.29, 1.82) is 0 Å². The number of aromatic amines is 1. The van der Waals surface area contributed by atoms with E-state index in [9.17, 15) is 19.1 Å². The van der Waals surface area contributed by atoms with Crippen LogP contribution in [-0.4, -0.2) is 28.1 Å². The van der Waals surface area contributed by atoms with Crippen molar-refractivity contribution in [1.82, 2.24) is 15.6 Å². The van der Waals surface area contributed by atoms with Gasteiger partial charge in [-0.25, -0.2) is 14.0 Å². The molecule has 3 aromatic rings. The number of aromatic nitrogens is 1. The summed E-state index contributed by atoms with van der Waals surface area (Å²) in [6.45, 7) is 0.172. The smallest absolute Gasteiger partial charge is 0.326 e. The molecule has 0 unspecified atom stereocenters. The third-order valence-electron chi connectivity index (χ3n) is 4.07. The van der Waals surface area contributed by atoms with E-state index in [-0.39, 0.29) is 18.8 Å². The largest absolute Gasteiger partial charge is 0.480 e. The van der Waals surface area contributed by atoms with Crippen LogP contribution < -0.4 is 10.6 Å². The highest BCUT2D eigenvalue weighted by Gasteiger charge is 2.21. The van der Waals surface area contributed by atoms with Gasteiger partial charge in [0, 0.05) is 30.1 Å². The number of urea groups is 1. The van der Waals surface area contributed by atoms with Crippen molar-refractivity contribution in [2.75, 3.05) is 0 Å². The highest BCUT2D eigenvalue weighted by Crippen LogP contribution is 2.19. The van der Waals surface area contributed by atoms with Crippen LogP contribution in [0.1, 0.15) is 11.1 Å². The van der Waals surface area contributed by atoms with Gasteiger partial charge in [-0.15, -0.1) is 0 Å². The minimum atomic E-state index is -1.12. The summed E-state index contributed by atoms with van der Waals surface area (Å²) in [4.78, 5) is 26.6. The fraction of sp³-hybridized carbons (Fsp3) is 0.158. The molecular weight excluding hydrogens is 337 g/mol. The summed E-state index contributed by atoms with van der Waals surface area (Å²) in [5.74, 6) is -1.48. The molecule has 0 aliphatic rings. The van der Waals surface area contributed by atoms with Crippen molar-refractivity contribution < 1.29 is 19.1 Å². The first-order valence-electron chi connectivity index (χ1n) is 8.09. The molecule has 0 saturated carbocycles. The molecule has 26 heavy (non-hydrogen) atoms. The van der Waals surface area contributed by atoms with Crippen LogP contribution in [0.2, 0.25) is 0 Å². The van der Waals surface area contributed by atoms with Gasteiger partial charge in [-0.2, -0.15) is 0 Å². The number of hydrogen-bond acceptors (Lipinski definition) is 2. The van der Waals surface area contributed by atoms with Crippen molar-refractivity contribution in [2.24, 2.45) is 0 Å². The maximum Gasteiger partial charge on any atom is 0.326 e. The number of carboxylic acid groups (broad SMARTS) is 1. The monoisotopic (exact) mass is 355 g/mol. The van der Waals surface area contributed by atoms with E-state index in [1.165, 1.54) is 12.1 Å². The molecule has 0 bridgehead atoms. The Balaban J connectivity index is 1.62. The average Bonchev–Trinajstić information content (AvgIpc) is 3.04. The van der Waals surface area contributed by atoms with Crippen LogP contribution in [0.4, 0.5) is 9.18 Å². The molecule has 2 aromatic carbocycles. The summed E-state index contributed by atoms with van der Waals surface area (Å²) >= 11 is 0. The number of aliphatic carboxylic acids is 1. The van der Waals surface area contributed by atoms with Gasteiger partial charge in [-0.3, -0.25) is 0 Å². The zero-order chi connectivity index (χ0) is 18.5. The van der Waals surface area contributed by atoms with E-state index in [4.69, 9.17) is 0 Å². The second-order valence-electron chi connectivity index (χ2n) is 5.91. The number of para-hydroxylation sites is 1. The summed E-state index contributed by atoms with van der Waals surface area (Å²) in [5.41, 5.74) is 2.43. The summed E-state index contributed by atoms with van der Waals surface area (Å²) in [6.07, 6.45) is 1.90. The Kier molecular flexibility index (Phi) is 5.17. The number of amides is 2. The molecular formula is C19H18FN3O3. The summed E-state index contributed by atoms with van der Waals surface area (Å²) in [6, 6.07) is 11.6. The molecule has 134 valence electrons. The van der Waals surface area contributed by atoms with Crippen molar-refractivity contribution in [3.8, 4) is 0 Å². The molecule has 0 fully saturated rings. The van der Waals surface area contributed by atoms with E-state index in [1.807, 2.05) is 24.3 Å². The maximum absolute atomic E-state index is 12.9. The Bertz CT molecular complexity index is 921. The lowest BCUT2D eigenvalue weighted by molar-refractivity contribution is -0.139. The molecule has 7 heteroatoms. The molecule has 1 atom stereocenters. The third-order valence-corrected chi connectivity index (χ3v) is 4.07. The standard InChI is InChI=1S/C19H18FN3O3/c20-14-7-5-12(6-8-14)10-22-19(26)23-17(18(24)25)9-13-11-21-16-4-2-1-3-15(13)16/h1-8,11,17,21H,9-10H2,(H,24,25)(H2,22,23,26)/t17-/m0/s1. The predicted octanol–water partition coefficient (Wildman–Crippen LogP) is 2.80. The van der Waals surface area contributed by atoms with Gasteiger partial charge in [0.2, 0.25) is 0 Å². The molecule has 0 aliphatic heterocycles. The second kappa shape index (κ2) is 7.69. The highest BCUT2D eigenvalue weighted by atomic mass is 19.1. The fourth-order valence-corrected chi connectivity index (χ4v) is 2.71. The molecule has 0 spiro atoms. The lowest BCUT2D eigenvalue weighted by Crippen LogP contribution is -2.46. The lowest BCUT2D eigenvalue weighted by atomic mass is 10.1. The van der Waals surface area contributed by atoms with E-state index in [0.717, 1.165) is 16.5 Å². The summed E-state index contributed by atoms with van der Waals surface area (Å²) < 4.78 is 12.9. The van der Waals surface area contributed by atoms with Gasteiger partial charge in [0.15, 0.2) is 0 Å². The first kappa shape index (κ1) is 17.5. The summed E-state index contributed by atoms with van der Waals surface area (Å²) in [5, 5.41) is 15.4. The van der Waals surface area contributed by atoms with Crippen LogP contribution in [0.25, 0.3) is 10.9 Å². The Morgan fingerprint density at radius 2 is 1.85 bits per heavy atom. The van der Waals surface area contributed by atoms with E-state index >= 15 is 0 Å². The Labute approximate surface area is 149 Å². The van der Waals surface area contributed by atoms with Gasteiger partial charge in [-0.1, -0.05) is 30.3 Å². The van der Waals surface area contributed by atoms with Crippen LogP contribution in [0.3, 0.4) is 0 Å². The van der Waals surface area contributed by atoms with Gasteiger partial charge in [0.1, 0.15) is 11.9 Å². The zero-order valence-electron chi connectivity index (χ0n) is 13.8. The molecule has 1 aromatic heterocycles. The van der Waals surface area contributed by atoms with E-state index in [2.05, 4.69) is 15.6 Å². The normalized spacial score (nSPS) is 11.9. The van der Waals surface area contributed by atoms with Gasteiger partial charge in [-0.05, 0) is 29.3 Å². The van der Waals surface area contributed by atoms with E-state index in [0.29, 0.717) is 5.56 Å². The number of carboxylic acids is 1. The molecule has 2 amide bonds. The number of nitrogens with one attached hydrogen (secondary N) is 3. The van der Waals surface area contributed by atoms with Gasteiger partial charge >= 0.3 is 12.0 Å². The average molecular weight is 355 g/mol. The topological polar surface area (TPSA) is 94.2 Å². The number of halogens is 1. The van der Waals surface area contributed by atoms with Crippen LogP contribution in [0, 0.1) is 5.82 Å². The highest BCUT2D eigenvalue weighted by molar-refractivity contribution is 5.86. The molecule has 4 N–H and O–H groups in total. The summed E-state index contributed by atoms with van der Waals surface area (Å²) in [7, 11) is 0. The van der Waals surface area contributed by atoms with Crippen molar-refractivity contribution in [2.45, 2.75) is 19.0 Å². The number of rotatable bonds is 6. The van der Waals surface area contributed by atoms with Crippen LogP contribution in [-0.2, 0) is 17.8 Å². The minimum absolute atomic E-state index is 0.156. The number of benzene rings is 2. The Morgan fingerprint density at radius 3 is 2.58 bits per heavy atom. The van der Waals surface area contributed by atoms with Gasteiger partial charge in [0.25, 0.3) is 0 Å². The quantitative estimate of drug-likeness (QED) is 0.548. The number of carbonyl (C=O) groups is 2. The Morgan fingerprint density at radius 1 is 1.12 bits per heavy atom. The number of carbonyl (C=O) groups excluding carboxylic acids is 1. The van der Waals surface area contributed by atoms with Crippen LogP contribution in [0.15, 0.2) is 54.7 Å². The maximum atomic E-state index is 12.9. The lowest BCUT2D eigenvalue weighted by Gasteiger charge is -2.15. The molecule has 0 saturated heterocycles. The number of fused-ring (bicyclic) bond motifs is 1. The second-order valence-corrected chi connectivity index (χ2v) is 5.91. The van der Waals surface area contributed by atoms with Gasteiger partial charge in [0.05, 0.1) is 0 Å².